The van der Waals surface area contributed by atoms with E-state index in [0.29, 0.717) is 17.6 Å². The maximum atomic E-state index is 9.94. The molecule has 2 aliphatic rings. The Hall–Kier alpha value is -1.95. The van der Waals surface area contributed by atoms with Gasteiger partial charge in [0.25, 0.3) is 0 Å². The van der Waals surface area contributed by atoms with E-state index < -0.39 is 0 Å². The summed E-state index contributed by atoms with van der Waals surface area (Å²) >= 11 is 0. The molecule has 0 spiro atoms. The third-order valence-corrected chi connectivity index (χ3v) is 4.57. The van der Waals surface area contributed by atoms with Crippen LogP contribution in [0.1, 0.15) is 31.2 Å². The van der Waals surface area contributed by atoms with Gasteiger partial charge in [-0.2, -0.15) is 0 Å². The van der Waals surface area contributed by atoms with Gasteiger partial charge in [0.1, 0.15) is 5.75 Å². The molecule has 0 amide bonds. The first-order valence-electron chi connectivity index (χ1n) is 7.26. The van der Waals surface area contributed by atoms with Gasteiger partial charge in [-0.25, -0.2) is 0 Å². The fourth-order valence-electron chi connectivity index (χ4n) is 3.66. The fraction of sp³-hybridized carbons (Fsp3) is 0.533. The van der Waals surface area contributed by atoms with E-state index in [2.05, 4.69) is 10.1 Å². The fourth-order valence-corrected chi connectivity index (χ4v) is 3.66. The molecule has 2 fully saturated rings. The minimum absolute atomic E-state index is 0.0955. The molecule has 2 bridgehead atoms. The van der Waals surface area contributed by atoms with Crippen molar-refractivity contribution >= 4 is 11.5 Å². The van der Waals surface area contributed by atoms with Crippen LogP contribution in [0.3, 0.4) is 0 Å². The molecule has 2 aliphatic heterocycles. The topological polar surface area (TPSA) is 91.3 Å². The van der Waals surface area contributed by atoms with Crippen LogP contribution in [0.2, 0.25) is 0 Å². The van der Waals surface area contributed by atoms with Crippen LogP contribution in [0.15, 0.2) is 23.4 Å². The second-order valence-corrected chi connectivity index (χ2v) is 5.79. The van der Waals surface area contributed by atoms with Crippen LogP contribution in [0, 0.1) is 0 Å². The van der Waals surface area contributed by atoms with Crippen LogP contribution in [-0.4, -0.2) is 41.4 Å². The molecule has 0 radical (unpaired) electrons. The van der Waals surface area contributed by atoms with Crippen molar-refractivity contribution in [3.8, 4) is 5.75 Å². The second-order valence-electron chi connectivity index (χ2n) is 5.79. The molecule has 114 valence electrons. The van der Waals surface area contributed by atoms with Crippen molar-refractivity contribution in [3.05, 3.63) is 23.8 Å². The number of rotatable bonds is 3. The first kappa shape index (κ1) is 14.0. The highest BCUT2D eigenvalue weighted by Crippen LogP contribution is 2.41. The Labute approximate surface area is 123 Å². The summed E-state index contributed by atoms with van der Waals surface area (Å²) in [5, 5.41) is 22.1. The van der Waals surface area contributed by atoms with E-state index in [1.54, 1.807) is 13.2 Å². The zero-order chi connectivity index (χ0) is 15.0. The molecule has 0 aliphatic carbocycles. The van der Waals surface area contributed by atoms with Gasteiger partial charge in [-0.3, -0.25) is 0 Å². The van der Waals surface area contributed by atoms with Crippen LogP contribution in [-0.2, 0) is 0 Å². The van der Waals surface area contributed by atoms with Gasteiger partial charge in [-0.1, -0.05) is 5.16 Å². The third kappa shape index (κ3) is 2.40. The van der Waals surface area contributed by atoms with Crippen molar-refractivity contribution in [2.45, 2.75) is 43.9 Å². The summed E-state index contributed by atoms with van der Waals surface area (Å²) in [5.41, 5.74) is 7.44. The first-order chi connectivity index (χ1) is 10.1. The van der Waals surface area contributed by atoms with E-state index in [1.807, 2.05) is 12.1 Å². The standard InChI is InChI=1S/C15H21N3O3/c1-21-12-4-5-13(15(16)17-20)14(8-12)18-9-2-3-10(18)7-11(19)6-9/h4-5,8-11,19-20H,2-3,6-7H2,1H3,(H2,16,17). The smallest absolute Gasteiger partial charge is 0.172 e. The number of oxime groups is 1. The summed E-state index contributed by atoms with van der Waals surface area (Å²) in [4.78, 5) is 2.31. The number of piperidine rings is 1. The largest absolute Gasteiger partial charge is 0.497 e. The Morgan fingerprint density at radius 3 is 2.57 bits per heavy atom. The molecule has 6 nitrogen and oxygen atoms in total. The Morgan fingerprint density at radius 2 is 2.00 bits per heavy atom. The molecular weight excluding hydrogens is 270 g/mol. The Kier molecular flexibility index (Phi) is 3.63. The Balaban J connectivity index is 2.04. The average molecular weight is 291 g/mol. The maximum Gasteiger partial charge on any atom is 0.172 e. The number of benzene rings is 1. The number of anilines is 1. The molecule has 3 rings (SSSR count). The normalized spacial score (nSPS) is 28.8. The van der Waals surface area contributed by atoms with Crippen molar-refractivity contribution in [1.29, 1.82) is 0 Å². The molecular formula is C15H21N3O3. The molecule has 21 heavy (non-hydrogen) atoms. The molecule has 2 atom stereocenters. The lowest BCUT2D eigenvalue weighted by Crippen LogP contribution is -2.45. The Bertz CT molecular complexity index is 547. The van der Waals surface area contributed by atoms with Crippen LogP contribution >= 0.6 is 0 Å². The zero-order valence-electron chi connectivity index (χ0n) is 12.1. The van der Waals surface area contributed by atoms with E-state index in [-0.39, 0.29) is 11.9 Å². The molecule has 1 aromatic carbocycles. The molecule has 4 N–H and O–H groups in total. The van der Waals surface area contributed by atoms with Gasteiger partial charge >= 0.3 is 0 Å². The van der Waals surface area contributed by atoms with Crippen LogP contribution in [0.5, 0.6) is 5.75 Å². The van der Waals surface area contributed by atoms with Crippen molar-refractivity contribution in [2.24, 2.45) is 10.9 Å². The first-order valence-corrected chi connectivity index (χ1v) is 7.26. The lowest BCUT2D eigenvalue weighted by atomic mass is 9.97. The van der Waals surface area contributed by atoms with Crippen molar-refractivity contribution in [1.82, 2.24) is 0 Å². The lowest BCUT2D eigenvalue weighted by Gasteiger charge is -2.40. The van der Waals surface area contributed by atoms with Crippen LogP contribution in [0.4, 0.5) is 5.69 Å². The average Bonchev–Trinajstić information content (AvgIpc) is 2.77. The summed E-state index contributed by atoms with van der Waals surface area (Å²) in [5.74, 6) is 0.836. The molecule has 0 aromatic heterocycles. The summed E-state index contributed by atoms with van der Waals surface area (Å²) in [6.07, 6.45) is 3.44. The second kappa shape index (κ2) is 5.44. The number of nitrogens with zero attached hydrogens (tertiary/aromatic N) is 2. The summed E-state index contributed by atoms with van der Waals surface area (Å²) in [6, 6.07) is 6.15. The molecule has 2 unspecified atom stereocenters. The number of nitrogens with two attached hydrogens (primary N) is 1. The van der Waals surface area contributed by atoms with Crippen molar-refractivity contribution in [3.63, 3.8) is 0 Å². The summed E-state index contributed by atoms with van der Waals surface area (Å²) in [7, 11) is 1.62. The minimum Gasteiger partial charge on any atom is -0.497 e. The number of fused-ring (bicyclic) bond motifs is 2. The van der Waals surface area contributed by atoms with Crippen molar-refractivity contribution < 1.29 is 15.1 Å². The number of aliphatic hydroxyl groups is 1. The highest BCUT2D eigenvalue weighted by molar-refractivity contribution is 6.02. The van der Waals surface area contributed by atoms with E-state index in [4.69, 9.17) is 15.7 Å². The Morgan fingerprint density at radius 1 is 1.33 bits per heavy atom. The third-order valence-electron chi connectivity index (χ3n) is 4.57. The van der Waals surface area contributed by atoms with Gasteiger partial charge < -0.3 is 25.7 Å². The molecule has 1 aromatic rings. The number of amidine groups is 1. The van der Waals surface area contributed by atoms with E-state index in [9.17, 15) is 5.11 Å². The molecule has 2 saturated heterocycles. The molecule has 0 saturated carbocycles. The van der Waals surface area contributed by atoms with Gasteiger partial charge in [-0.05, 0) is 37.8 Å². The SMILES string of the molecule is COc1ccc(/C(N)=N/O)c(N2C3CCC2CC(O)C3)c1. The van der Waals surface area contributed by atoms with Gasteiger partial charge in [-0.15, -0.1) is 0 Å². The number of ether oxygens (including phenoxy) is 1. The van der Waals surface area contributed by atoms with Gasteiger partial charge in [0, 0.05) is 23.7 Å². The van der Waals surface area contributed by atoms with E-state index >= 15 is 0 Å². The number of hydrogen-bond acceptors (Lipinski definition) is 5. The van der Waals surface area contributed by atoms with Gasteiger partial charge in [0.2, 0.25) is 0 Å². The molecule has 2 heterocycles. The summed E-state index contributed by atoms with van der Waals surface area (Å²) < 4.78 is 5.31. The predicted octanol–water partition coefficient (Wildman–Crippen LogP) is 1.28. The lowest BCUT2D eigenvalue weighted by molar-refractivity contribution is 0.126. The van der Waals surface area contributed by atoms with Gasteiger partial charge in [0.05, 0.1) is 18.9 Å². The highest BCUT2D eigenvalue weighted by Gasteiger charge is 2.41. The van der Waals surface area contributed by atoms with Crippen molar-refractivity contribution in [2.75, 3.05) is 12.0 Å². The monoisotopic (exact) mass is 291 g/mol. The quantitative estimate of drug-likeness (QED) is 0.338. The number of aliphatic hydroxyl groups excluding tert-OH is 1. The van der Waals surface area contributed by atoms with Gasteiger partial charge in [0.15, 0.2) is 5.84 Å². The van der Waals surface area contributed by atoms with E-state index in [1.165, 1.54) is 0 Å². The highest BCUT2D eigenvalue weighted by atomic mass is 16.5. The number of methoxy groups -OCH3 is 1. The number of hydrogen-bond donors (Lipinski definition) is 3. The predicted molar refractivity (Wildman–Crippen MR) is 80.0 cm³/mol. The summed E-state index contributed by atoms with van der Waals surface area (Å²) in [6.45, 7) is 0. The molecule has 6 heteroatoms. The van der Waals surface area contributed by atoms with Crippen LogP contribution < -0.4 is 15.4 Å². The minimum atomic E-state index is -0.225. The zero-order valence-corrected chi connectivity index (χ0v) is 12.1. The maximum absolute atomic E-state index is 9.94. The van der Waals surface area contributed by atoms with E-state index in [0.717, 1.165) is 37.1 Å². The van der Waals surface area contributed by atoms with Crippen LogP contribution in [0.25, 0.3) is 0 Å².